The lowest BCUT2D eigenvalue weighted by atomic mass is 9.91. The zero-order valence-electron chi connectivity index (χ0n) is 15.3. The minimum Gasteiger partial charge on any atom is -0.488 e. The second kappa shape index (κ2) is 8.70. The van der Waals surface area contributed by atoms with Crippen molar-refractivity contribution >= 4 is 11.9 Å². The zero-order valence-corrected chi connectivity index (χ0v) is 15.3. The smallest absolute Gasteiger partial charge is 0.488 e. The van der Waals surface area contributed by atoms with E-state index < -0.39 is 29.8 Å². The fourth-order valence-electron chi connectivity index (χ4n) is 2.05. The van der Waals surface area contributed by atoms with E-state index in [1.54, 1.807) is 26.8 Å². The fourth-order valence-corrected chi connectivity index (χ4v) is 2.05. The molecule has 1 aromatic heterocycles. The van der Waals surface area contributed by atoms with Crippen molar-refractivity contribution in [2.75, 3.05) is 0 Å². The van der Waals surface area contributed by atoms with Gasteiger partial charge in [-0.2, -0.15) is 13.2 Å². The van der Waals surface area contributed by atoms with Gasteiger partial charge in [0.15, 0.2) is 0 Å². The Bertz CT molecular complexity index is 692. The summed E-state index contributed by atoms with van der Waals surface area (Å²) in [5.41, 5.74) is 0.0868. The molecule has 1 aliphatic carbocycles. The summed E-state index contributed by atoms with van der Waals surface area (Å²) in [6.07, 6.45) is -3.06. The first kappa shape index (κ1) is 23.6. The largest absolute Gasteiger partial charge is 0.490 e. The number of alkyl halides is 5. The van der Waals surface area contributed by atoms with Gasteiger partial charge in [0.05, 0.1) is 12.6 Å². The summed E-state index contributed by atoms with van der Waals surface area (Å²) in [5.74, 6) is -5.34. The monoisotopic (exact) mass is 413 g/mol. The van der Waals surface area contributed by atoms with Crippen molar-refractivity contribution in [3.8, 4) is 5.75 Å². The van der Waals surface area contributed by atoms with Crippen molar-refractivity contribution in [1.82, 2.24) is 4.98 Å². The molecule has 0 bridgehead atoms. The van der Waals surface area contributed by atoms with Crippen molar-refractivity contribution in [3.63, 3.8) is 0 Å². The van der Waals surface area contributed by atoms with Crippen molar-refractivity contribution in [3.05, 3.63) is 24.0 Å². The lowest BCUT2D eigenvalue weighted by Crippen LogP contribution is -2.43. The molecule has 0 radical (unpaired) electrons. The van der Waals surface area contributed by atoms with Gasteiger partial charge >= 0.3 is 18.1 Å². The molecule has 1 fully saturated rings. The number of halogens is 5. The van der Waals surface area contributed by atoms with Crippen molar-refractivity contribution in [2.24, 2.45) is 0 Å². The van der Waals surface area contributed by atoms with Crippen LogP contribution in [0.3, 0.4) is 0 Å². The fraction of sp³-hybridized carbons (Fsp3) is 0.588. The number of carbonyl (C=O) groups excluding carboxylic acids is 1. The van der Waals surface area contributed by atoms with E-state index in [0.29, 0.717) is 11.3 Å². The van der Waals surface area contributed by atoms with E-state index in [-0.39, 0.29) is 25.2 Å². The average molecular weight is 413 g/mol. The van der Waals surface area contributed by atoms with Gasteiger partial charge in [-0.3, -0.25) is 9.78 Å². The van der Waals surface area contributed by atoms with Gasteiger partial charge in [-0.25, -0.2) is 13.6 Å². The molecule has 0 aromatic carbocycles. The second-order valence-corrected chi connectivity index (χ2v) is 7.10. The molecule has 1 heterocycles. The molecule has 0 aliphatic heterocycles. The highest BCUT2D eigenvalue weighted by Crippen LogP contribution is 2.39. The normalized spacial score (nSPS) is 16.3. The minimum atomic E-state index is -5.08. The Morgan fingerprint density at radius 1 is 1.21 bits per heavy atom. The predicted octanol–water partition coefficient (Wildman–Crippen LogP) is 3.78. The molecule has 11 heteroatoms. The Labute approximate surface area is 157 Å². The van der Waals surface area contributed by atoms with Crippen LogP contribution in [0, 0.1) is 0 Å². The Morgan fingerprint density at radius 3 is 2.18 bits per heavy atom. The molecule has 0 saturated heterocycles. The molecule has 1 aromatic rings. The molecule has 0 atom stereocenters. The third kappa shape index (κ3) is 8.96. The number of ether oxygens (including phenoxy) is 2. The number of pyridine rings is 1. The molecule has 1 N–H and O–H groups in total. The van der Waals surface area contributed by atoms with Crippen LogP contribution < -0.4 is 4.74 Å². The van der Waals surface area contributed by atoms with Crippen LogP contribution in [0.25, 0.3) is 0 Å². The summed E-state index contributed by atoms with van der Waals surface area (Å²) in [4.78, 5) is 24.6. The minimum absolute atomic E-state index is 0.0717. The highest BCUT2D eigenvalue weighted by atomic mass is 19.4. The summed E-state index contributed by atoms with van der Waals surface area (Å²) in [6.45, 7) is 5.37. The van der Waals surface area contributed by atoms with Gasteiger partial charge in [-0.05, 0) is 32.4 Å². The van der Waals surface area contributed by atoms with E-state index in [1.807, 2.05) is 0 Å². The van der Waals surface area contributed by atoms with Gasteiger partial charge in [-0.15, -0.1) is 0 Å². The number of carbonyl (C=O) groups is 2. The molecule has 2 rings (SSSR count). The molecular weight excluding hydrogens is 393 g/mol. The molecule has 0 unspecified atom stereocenters. The quantitative estimate of drug-likeness (QED) is 0.597. The maximum Gasteiger partial charge on any atom is 0.490 e. The summed E-state index contributed by atoms with van der Waals surface area (Å²) in [6, 6.07) is 1.63. The highest BCUT2D eigenvalue weighted by Gasteiger charge is 2.47. The Kier molecular flexibility index (Phi) is 7.32. The van der Waals surface area contributed by atoms with E-state index in [0.717, 1.165) is 0 Å². The second-order valence-electron chi connectivity index (χ2n) is 7.10. The maximum atomic E-state index is 12.7. The number of carboxylic acids is 1. The molecular formula is C17H20F5NO5. The predicted molar refractivity (Wildman–Crippen MR) is 86.1 cm³/mol. The van der Waals surface area contributed by atoms with Crippen molar-refractivity contribution in [2.45, 2.75) is 63.8 Å². The molecule has 0 spiro atoms. The number of hydrogen-bond acceptors (Lipinski definition) is 5. The standard InChI is InChI=1S/C15H19F2NO3.C2HF3O2/c1-14(2,3)21-13(19)5-10-4-11(9-18-8-10)20-12-6-15(16,17)7-12;3-2(4,5)1(6)7/h4,8-9,12H,5-7H2,1-3H3;(H,6,7). The van der Waals surface area contributed by atoms with E-state index in [2.05, 4.69) is 4.98 Å². The van der Waals surface area contributed by atoms with Crippen LogP contribution in [0.1, 0.15) is 39.2 Å². The van der Waals surface area contributed by atoms with Gasteiger partial charge in [-0.1, -0.05) is 0 Å². The van der Waals surface area contributed by atoms with Crippen LogP contribution in [0.2, 0.25) is 0 Å². The van der Waals surface area contributed by atoms with Crippen LogP contribution in [-0.2, 0) is 20.7 Å². The van der Waals surface area contributed by atoms with Crippen LogP contribution >= 0.6 is 0 Å². The maximum absolute atomic E-state index is 12.7. The topological polar surface area (TPSA) is 85.7 Å². The molecule has 0 amide bonds. The van der Waals surface area contributed by atoms with Gasteiger partial charge in [0.2, 0.25) is 0 Å². The van der Waals surface area contributed by atoms with Gasteiger partial charge in [0.25, 0.3) is 5.92 Å². The van der Waals surface area contributed by atoms with Crippen LogP contribution in [0.5, 0.6) is 5.75 Å². The number of aliphatic carboxylic acids is 1. The van der Waals surface area contributed by atoms with Crippen LogP contribution in [0.4, 0.5) is 22.0 Å². The van der Waals surface area contributed by atoms with E-state index in [1.165, 1.54) is 12.4 Å². The van der Waals surface area contributed by atoms with Crippen molar-refractivity contribution < 1.29 is 46.1 Å². The SMILES string of the molecule is CC(C)(C)OC(=O)Cc1cncc(OC2CC(F)(F)C2)c1.O=C(O)C(F)(F)F. The first-order valence-corrected chi connectivity index (χ1v) is 8.08. The van der Waals surface area contributed by atoms with Gasteiger partial charge < -0.3 is 14.6 Å². The third-order valence-corrected chi connectivity index (χ3v) is 3.14. The average Bonchev–Trinajstić information content (AvgIpc) is 2.43. The number of hydrogen-bond donors (Lipinski definition) is 1. The number of aromatic nitrogens is 1. The number of esters is 1. The van der Waals surface area contributed by atoms with Crippen LogP contribution in [0.15, 0.2) is 18.5 Å². The van der Waals surface area contributed by atoms with Gasteiger partial charge in [0, 0.05) is 19.0 Å². The Balaban J connectivity index is 0.000000480. The Hall–Kier alpha value is -2.46. The van der Waals surface area contributed by atoms with E-state index in [4.69, 9.17) is 19.4 Å². The lowest BCUT2D eigenvalue weighted by molar-refractivity contribution is -0.192. The zero-order chi connectivity index (χ0) is 21.8. The third-order valence-electron chi connectivity index (χ3n) is 3.14. The lowest BCUT2D eigenvalue weighted by Gasteiger charge is -2.34. The summed E-state index contributed by atoms with van der Waals surface area (Å²) >= 11 is 0. The van der Waals surface area contributed by atoms with E-state index in [9.17, 15) is 26.7 Å². The van der Waals surface area contributed by atoms with Crippen LogP contribution in [-0.4, -0.2) is 45.8 Å². The summed E-state index contributed by atoms with van der Waals surface area (Å²) in [5, 5.41) is 7.12. The van der Waals surface area contributed by atoms with Crippen molar-refractivity contribution in [1.29, 1.82) is 0 Å². The Morgan fingerprint density at radius 2 is 1.75 bits per heavy atom. The summed E-state index contributed by atoms with van der Waals surface area (Å²) < 4.78 is 67.9. The number of rotatable bonds is 4. The molecule has 158 valence electrons. The van der Waals surface area contributed by atoms with E-state index >= 15 is 0 Å². The number of carboxylic acid groups (broad SMARTS) is 1. The first-order valence-electron chi connectivity index (χ1n) is 8.08. The van der Waals surface area contributed by atoms with Gasteiger partial charge in [0.1, 0.15) is 17.5 Å². The summed E-state index contributed by atoms with van der Waals surface area (Å²) in [7, 11) is 0. The molecule has 28 heavy (non-hydrogen) atoms. The molecule has 1 saturated carbocycles. The highest BCUT2D eigenvalue weighted by molar-refractivity contribution is 5.73. The molecule has 1 aliphatic rings. The number of nitrogens with zero attached hydrogens (tertiary/aromatic N) is 1. The molecule has 6 nitrogen and oxygen atoms in total. The first-order chi connectivity index (χ1) is 12.6.